The minimum Gasteiger partial charge on any atom is -1.00 e. The number of fused-ring (bicyclic) bond motifs is 4. The van der Waals surface area contributed by atoms with Gasteiger partial charge in [-0.3, -0.25) is 0 Å². The fourth-order valence-electron chi connectivity index (χ4n) is 7.02. The Labute approximate surface area is 388 Å². The van der Waals surface area contributed by atoms with Crippen LogP contribution in [-0.4, -0.2) is 106 Å². The van der Waals surface area contributed by atoms with Gasteiger partial charge < -0.3 is 41.7 Å². The molecule has 0 saturated carbocycles. The van der Waals surface area contributed by atoms with Gasteiger partial charge in [0.25, 0.3) is 0 Å². The van der Waals surface area contributed by atoms with E-state index in [1.807, 2.05) is 108 Å². The first-order valence-corrected chi connectivity index (χ1v) is 21.1. The summed E-state index contributed by atoms with van der Waals surface area (Å²) < 4.78 is 18.7. The van der Waals surface area contributed by atoms with E-state index in [4.69, 9.17) is 26.2 Å². The molecule has 2 aliphatic carbocycles. The molecule has 0 unspecified atom stereocenters. The number of nitrogens with zero attached hydrogens (tertiary/aromatic N) is 7. The van der Waals surface area contributed by atoms with Crippen molar-refractivity contribution in [3.8, 4) is 44.9 Å². The molecule has 2 heterocycles. The molecule has 4 aromatic carbocycles. The Morgan fingerprint density at radius 3 is 1.31 bits per heavy atom. The first-order chi connectivity index (χ1) is 30.0. The van der Waals surface area contributed by atoms with E-state index < -0.39 is 0 Å². The number of anilines is 3. The molecule has 4 aromatic rings. The third kappa shape index (κ3) is 11.3. The van der Waals surface area contributed by atoms with Crippen LogP contribution in [-0.2, 0) is 0 Å². The summed E-state index contributed by atoms with van der Waals surface area (Å²) in [5.74, 6) is 1.75. The smallest absolute Gasteiger partial charge is 0.232 e. The summed E-state index contributed by atoms with van der Waals surface area (Å²) in [6.45, 7) is 0. The fraction of sp³-hybridized carbons (Fsp3) is 0.231. The topological polar surface area (TPSA) is 83.4 Å². The quantitative estimate of drug-likeness (QED) is 0.0733. The summed E-state index contributed by atoms with van der Waals surface area (Å²) in [4.78, 5) is 10.6. The van der Waals surface area contributed by atoms with Crippen LogP contribution >= 0.6 is 11.6 Å². The average Bonchev–Trinajstić information content (AvgIpc) is 3.26. The number of hydrogen-bond donors (Lipinski definition) is 1. The summed E-state index contributed by atoms with van der Waals surface area (Å²) in [5.41, 5.74) is 19.8. The van der Waals surface area contributed by atoms with E-state index in [0.717, 1.165) is 89.2 Å². The molecular weight excluding hydrogens is 840 g/mol. The van der Waals surface area contributed by atoms with Crippen LogP contribution in [0, 0.1) is 0 Å². The van der Waals surface area contributed by atoms with E-state index in [2.05, 4.69) is 133 Å². The summed E-state index contributed by atoms with van der Waals surface area (Å²) in [7, 11) is 24.0. The molecule has 12 heteroatoms. The number of rotatable bonds is 6. The molecule has 0 bridgehead atoms. The van der Waals surface area contributed by atoms with Gasteiger partial charge in [-0.25, -0.2) is 18.7 Å². The van der Waals surface area contributed by atoms with E-state index in [0.29, 0.717) is 0 Å². The van der Waals surface area contributed by atoms with E-state index >= 15 is 0 Å². The van der Waals surface area contributed by atoms with E-state index in [-0.39, 0.29) is 12.4 Å². The number of hydrogen-bond acceptors (Lipinski definition) is 6. The second kappa shape index (κ2) is 21.2. The molecule has 4 aliphatic rings. The van der Waals surface area contributed by atoms with E-state index in [1.165, 1.54) is 16.8 Å². The molecule has 2 aliphatic heterocycles. The van der Waals surface area contributed by atoms with Gasteiger partial charge >= 0.3 is 0 Å². The fourth-order valence-corrected chi connectivity index (χ4v) is 7.02. The minimum atomic E-state index is 0. The number of benzene rings is 6. The van der Waals surface area contributed by atoms with Crippen LogP contribution < -0.4 is 47.8 Å². The third-order valence-electron chi connectivity index (χ3n) is 10.4. The van der Waals surface area contributed by atoms with Gasteiger partial charge in [-0.05, 0) is 83.4 Å². The van der Waals surface area contributed by atoms with Crippen molar-refractivity contribution >= 4 is 68.3 Å². The van der Waals surface area contributed by atoms with Gasteiger partial charge in [-0.2, -0.15) is 0 Å². The normalized spacial score (nSPS) is 10.8. The molecule has 10 nitrogen and oxygen atoms in total. The van der Waals surface area contributed by atoms with Gasteiger partial charge in [0, 0.05) is 117 Å². The van der Waals surface area contributed by atoms with Crippen molar-refractivity contribution < 1.29 is 25.8 Å². The standard InChI is InChI=1S/C26H29N4O.C23H23N3O.C3H7ClN.ClH/c1-28(2)17-27-19-9-7-18(8-10-19)26-22-13-11-20(29(3)4)15-24(22)31-25-16-21(30(5)6)12-14-23(25)26;1-25(2)17-9-11-19-21(13-17)27-22-14-18(26(3)4)10-12-20(22)23(19)15-5-7-16(24)8-6-15;1-5(2)3-4;/h7-17H,1-6H3;5-14,24H,1-4H3;3H,1-2H3;1H/q+1;;+1;. The van der Waals surface area contributed by atoms with Gasteiger partial charge in [0.05, 0.1) is 24.2 Å². The molecule has 64 heavy (non-hydrogen) atoms. The van der Waals surface area contributed by atoms with Gasteiger partial charge in [0.2, 0.25) is 16.4 Å². The zero-order chi connectivity index (χ0) is 45.5. The van der Waals surface area contributed by atoms with Crippen molar-refractivity contribution in [3.63, 3.8) is 0 Å². The van der Waals surface area contributed by atoms with Crippen molar-refractivity contribution in [2.24, 2.45) is 4.99 Å². The lowest BCUT2D eigenvalue weighted by Crippen LogP contribution is -3.00. The Hall–Kier alpha value is -6.62. The number of aliphatic imine (C=N–C) groups is 1. The van der Waals surface area contributed by atoms with Crippen molar-refractivity contribution in [1.82, 2.24) is 14.1 Å². The van der Waals surface area contributed by atoms with Crippen molar-refractivity contribution in [3.05, 3.63) is 132 Å². The number of nitrogen functional groups attached to an aromatic ring is 1. The second-order valence-corrected chi connectivity index (χ2v) is 16.9. The van der Waals surface area contributed by atoms with Gasteiger partial charge in [-0.15, -0.1) is 0 Å². The Morgan fingerprint density at radius 1 is 0.547 bits per heavy atom. The summed E-state index contributed by atoms with van der Waals surface area (Å²) in [5, 5.41) is 4.41. The zero-order valence-corrected chi connectivity index (χ0v) is 40.5. The van der Waals surface area contributed by atoms with Crippen LogP contribution in [0.15, 0.2) is 135 Å². The Kier molecular flexibility index (Phi) is 16.0. The lowest BCUT2D eigenvalue weighted by Gasteiger charge is -2.18. The van der Waals surface area contributed by atoms with Gasteiger partial charge in [0.15, 0.2) is 0 Å². The van der Waals surface area contributed by atoms with Crippen molar-refractivity contribution in [2.75, 3.05) is 100 Å². The average molecular weight is 900 g/mol. The molecule has 0 atom stereocenters. The lowest BCUT2D eigenvalue weighted by molar-refractivity contribution is -0.457. The first-order valence-electron chi connectivity index (χ1n) is 20.7. The Balaban J connectivity index is 0.000000216. The van der Waals surface area contributed by atoms with E-state index in [9.17, 15) is 0 Å². The van der Waals surface area contributed by atoms with Gasteiger partial charge in [0.1, 0.15) is 65.0 Å². The SMILES string of the molecule is CN(C)C=Nc1ccc(-c2c3ccc(=[N+](C)C)cc-3oc3cc(N(C)C)ccc23)cc1.CN(C)c1ccc2c(-c3ccc(N)cc3)c3ccc(=[N+](C)C)cc-3oc2c1.C[N+](C)=CCl.[Cl-]. The lowest BCUT2D eigenvalue weighted by atomic mass is 9.93. The Morgan fingerprint density at radius 2 is 0.953 bits per heavy atom. The predicted octanol–water partition coefficient (Wildman–Crippen LogP) is 5.94. The maximum absolute atomic E-state index is 6.40. The summed E-state index contributed by atoms with van der Waals surface area (Å²) >= 11 is 5.14. The van der Waals surface area contributed by atoms with Crippen LogP contribution in [0.1, 0.15) is 0 Å². The van der Waals surface area contributed by atoms with Crippen molar-refractivity contribution in [1.29, 1.82) is 0 Å². The van der Waals surface area contributed by atoms with Crippen LogP contribution in [0.5, 0.6) is 0 Å². The molecule has 0 aromatic heterocycles. The van der Waals surface area contributed by atoms with Crippen LogP contribution in [0.4, 0.5) is 22.7 Å². The predicted molar refractivity (Wildman–Crippen MR) is 270 cm³/mol. The molecule has 332 valence electrons. The largest absolute Gasteiger partial charge is 1.00 e. The van der Waals surface area contributed by atoms with E-state index in [1.54, 1.807) is 4.58 Å². The van der Waals surface area contributed by atoms with Crippen molar-refractivity contribution in [2.45, 2.75) is 0 Å². The van der Waals surface area contributed by atoms with Gasteiger partial charge in [-0.1, -0.05) is 24.3 Å². The molecule has 0 amide bonds. The highest BCUT2D eigenvalue weighted by atomic mass is 35.5. The Bertz CT molecular complexity index is 3010. The van der Waals surface area contributed by atoms with Crippen LogP contribution in [0.25, 0.3) is 66.8 Å². The molecule has 0 spiro atoms. The highest BCUT2D eigenvalue weighted by Crippen LogP contribution is 2.42. The number of nitrogens with two attached hydrogens (primary N) is 1. The van der Waals surface area contributed by atoms with Crippen LogP contribution in [0.2, 0.25) is 0 Å². The highest BCUT2D eigenvalue weighted by molar-refractivity contribution is 6.54. The molecule has 8 rings (SSSR count). The summed E-state index contributed by atoms with van der Waals surface area (Å²) in [6.07, 6.45) is 1.81. The maximum atomic E-state index is 6.40. The zero-order valence-electron chi connectivity index (χ0n) is 39.0. The molecular formula is C52H60Cl2N8O2+2. The maximum Gasteiger partial charge on any atom is 0.232 e. The summed E-state index contributed by atoms with van der Waals surface area (Å²) in [6, 6.07) is 41.9. The third-order valence-corrected chi connectivity index (χ3v) is 10.8. The molecule has 0 saturated heterocycles. The molecule has 0 fully saturated rings. The van der Waals surface area contributed by atoms with Crippen LogP contribution in [0.3, 0.4) is 0 Å². The number of halogens is 2. The monoisotopic (exact) mass is 898 g/mol. The highest BCUT2D eigenvalue weighted by Gasteiger charge is 2.20. The second-order valence-electron chi connectivity index (χ2n) is 16.7. The minimum absolute atomic E-state index is 0. The molecule has 0 radical (unpaired) electrons. The first kappa shape index (κ1) is 48.4. The molecule has 2 N–H and O–H groups in total.